The molecule has 0 unspecified atom stereocenters. The molecule has 0 aromatic rings. The summed E-state index contributed by atoms with van der Waals surface area (Å²) in [5.74, 6) is -0.378. The van der Waals surface area contributed by atoms with Crippen LogP contribution in [0.2, 0.25) is 45.8 Å². The van der Waals surface area contributed by atoms with Crippen LogP contribution in [-0.2, 0) is 17.8 Å². The van der Waals surface area contributed by atoms with Gasteiger partial charge in [-0.3, -0.25) is 0 Å². The molecule has 112 valence electrons. The van der Waals surface area contributed by atoms with E-state index in [0.29, 0.717) is 5.57 Å². The molecule has 0 N–H and O–H groups in total. The monoisotopic (exact) mass is 320 g/mol. The fourth-order valence-electron chi connectivity index (χ4n) is 1.69. The number of hydrogen-bond acceptors (Lipinski definition) is 4. The second-order valence-corrected chi connectivity index (χ2v) is 19.6. The third-order valence-corrected chi connectivity index (χ3v) is 10.9. The highest BCUT2D eigenvalue weighted by Crippen LogP contribution is 2.21. The van der Waals surface area contributed by atoms with Crippen molar-refractivity contribution in [2.24, 2.45) is 0 Å². The Morgan fingerprint density at radius 1 is 0.947 bits per heavy atom. The molecule has 0 saturated carbocycles. The molecule has 0 aliphatic carbocycles. The van der Waals surface area contributed by atoms with Crippen molar-refractivity contribution < 1.29 is 17.8 Å². The van der Waals surface area contributed by atoms with Crippen LogP contribution in [0.25, 0.3) is 0 Å². The number of carbonyl (C=O) groups excluding carboxylic acids is 1. The van der Waals surface area contributed by atoms with E-state index in [4.69, 9.17) is 13.0 Å². The third-order valence-electron chi connectivity index (χ3n) is 1.86. The lowest BCUT2D eigenvalue weighted by Crippen LogP contribution is -2.56. The zero-order valence-corrected chi connectivity index (χ0v) is 16.5. The molecule has 0 radical (unpaired) electrons. The van der Waals surface area contributed by atoms with Gasteiger partial charge in [0.25, 0.3) is 0 Å². The summed E-state index contributed by atoms with van der Waals surface area (Å²) in [6.07, 6.45) is 0.229. The van der Waals surface area contributed by atoms with E-state index in [1.54, 1.807) is 6.92 Å². The van der Waals surface area contributed by atoms with Crippen molar-refractivity contribution in [3.8, 4) is 0 Å². The van der Waals surface area contributed by atoms with Gasteiger partial charge in [-0.25, -0.2) is 4.79 Å². The van der Waals surface area contributed by atoms with E-state index in [9.17, 15) is 4.79 Å². The van der Waals surface area contributed by atoms with Crippen LogP contribution >= 0.6 is 0 Å². The van der Waals surface area contributed by atoms with Gasteiger partial charge in [-0.2, -0.15) is 0 Å². The average Bonchev–Trinajstić information content (AvgIpc) is 2.07. The van der Waals surface area contributed by atoms with E-state index in [1.165, 1.54) is 0 Å². The van der Waals surface area contributed by atoms with Crippen molar-refractivity contribution in [1.29, 1.82) is 0 Å². The number of esters is 1. The van der Waals surface area contributed by atoms with Gasteiger partial charge in [0.05, 0.1) is 0 Å². The van der Waals surface area contributed by atoms with Crippen LogP contribution in [0.5, 0.6) is 0 Å². The summed E-state index contributed by atoms with van der Waals surface area (Å²) in [5.41, 5.74) is 0.400. The van der Waals surface area contributed by atoms with Gasteiger partial charge in [-0.15, -0.1) is 0 Å². The Morgan fingerprint density at radius 3 is 1.58 bits per heavy atom. The van der Waals surface area contributed by atoms with Crippen molar-refractivity contribution in [3.05, 3.63) is 12.2 Å². The maximum atomic E-state index is 11.5. The first-order chi connectivity index (χ1) is 8.24. The maximum absolute atomic E-state index is 11.5. The summed E-state index contributed by atoms with van der Waals surface area (Å²) < 4.78 is 17.7. The zero-order chi connectivity index (χ0) is 15.5. The third kappa shape index (κ3) is 9.33. The molecule has 0 bridgehead atoms. The van der Waals surface area contributed by atoms with Gasteiger partial charge < -0.3 is 13.0 Å². The van der Waals surface area contributed by atoms with Crippen LogP contribution < -0.4 is 0 Å². The molecule has 0 amide bonds. The Bertz CT molecular complexity index is 326. The standard InChI is InChI=1S/C12H28O4Si3/c1-11(2)12(13)14-10-19(9,15-17(3,4)5)16-18(6,7)8/h1,10H2,2-9H3. The van der Waals surface area contributed by atoms with Crippen LogP contribution in [0, 0.1) is 0 Å². The van der Waals surface area contributed by atoms with E-state index in [0.717, 1.165) is 0 Å². The molecule has 0 aromatic heterocycles. The topological polar surface area (TPSA) is 44.8 Å². The SMILES string of the molecule is C=C(C)C(=O)OC[Si](C)(O[Si](C)(C)C)O[Si](C)(C)C. The van der Waals surface area contributed by atoms with Crippen molar-refractivity contribution in [2.45, 2.75) is 52.8 Å². The van der Waals surface area contributed by atoms with Crippen molar-refractivity contribution in [1.82, 2.24) is 0 Å². The lowest BCUT2D eigenvalue weighted by Gasteiger charge is -2.37. The maximum Gasteiger partial charge on any atom is 0.353 e. The molecular weight excluding hydrogens is 292 g/mol. The Hall–Kier alpha value is -0.219. The van der Waals surface area contributed by atoms with Gasteiger partial charge in [0, 0.05) is 5.57 Å². The molecule has 0 aliphatic rings. The van der Waals surface area contributed by atoms with E-state index in [1.807, 2.05) is 6.55 Å². The van der Waals surface area contributed by atoms with Crippen LogP contribution in [0.1, 0.15) is 6.92 Å². The van der Waals surface area contributed by atoms with Gasteiger partial charge in [-0.1, -0.05) is 6.58 Å². The summed E-state index contributed by atoms with van der Waals surface area (Å²) in [5, 5.41) is 0. The van der Waals surface area contributed by atoms with Crippen molar-refractivity contribution in [3.63, 3.8) is 0 Å². The van der Waals surface area contributed by atoms with Gasteiger partial charge >= 0.3 is 14.5 Å². The number of hydrogen-bond donors (Lipinski definition) is 0. The van der Waals surface area contributed by atoms with Gasteiger partial charge in [0.15, 0.2) is 16.6 Å². The lowest BCUT2D eigenvalue weighted by molar-refractivity contribution is -0.137. The number of carbonyl (C=O) groups is 1. The fraction of sp³-hybridized carbons (Fsp3) is 0.750. The molecule has 0 heterocycles. The lowest BCUT2D eigenvalue weighted by atomic mass is 10.4. The summed E-state index contributed by atoms with van der Waals surface area (Å²) >= 11 is 0. The molecule has 0 saturated heterocycles. The predicted octanol–water partition coefficient (Wildman–Crippen LogP) is 3.42. The van der Waals surface area contributed by atoms with E-state index < -0.39 is 25.2 Å². The predicted molar refractivity (Wildman–Crippen MR) is 86.3 cm³/mol. The number of ether oxygens (including phenoxy) is 1. The molecule has 0 rings (SSSR count). The fourth-order valence-corrected chi connectivity index (χ4v) is 13.5. The molecule has 0 aromatic carbocycles. The second-order valence-electron chi connectivity index (χ2n) is 6.92. The molecule has 0 spiro atoms. The highest BCUT2D eigenvalue weighted by molar-refractivity contribution is 6.87. The Kier molecular flexibility index (Phi) is 6.41. The van der Waals surface area contributed by atoms with Crippen molar-refractivity contribution >= 4 is 31.2 Å². The smallest absolute Gasteiger partial charge is 0.353 e. The minimum Gasteiger partial charge on any atom is -0.460 e. The Labute approximate surface area is 120 Å². The summed E-state index contributed by atoms with van der Waals surface area (Å²) in [7, 11) is -5.98. The average molecular weight is 321 g/mol. The van der Waals surface area contributed by atoms with Crippen LogP contribution in [-0.4, -0.2) is 37.4 Å². The second kappa shape index (κ2) is 6.49. The normalized spacial score (nSPS) is 13.3. The van der Waals surface area contributed by atoms with Gasteiger partial charge in [0.2, 0.25) is 0 Å². The van der Waals surface area contributed by atoms with Crippen LogP contribution in [0.15, 0.2) is 12.2 Å². The first-order valence-corrected chi connectivity index (χ1v) is 15.8. The molecular formula is C12H28O4Si3. The minimum absolute atomic E-state index is 0.229. The largest absolute Gasteiger partial charge is 0.460 e. The molecule has 0 aliphatic heterocycles. The Balaban J connectivity index is 4.86. The highest BCUT2D eigenvalue weighted by Gasteiger charge is 2.41. The van der Waals surface area contributed by atoms with Gasteiger partial charge in [-0.05, 0) is 52.8 Å². The molecule has 19 heavy (non-hydrogen) atoms. The van der Waals surface area contributed by atoms with E-state index in [-0.39, 0.29) is 12.2 Å². The van der Waals surface area contributed by atoms with Crippen LogP contribution in [0.3, 0.4) is 0 Å². The zero-order valence-electron chi connectivity index (χ0n) is 13.5. The molecule has 4 nitrogen and oxygen atoms in total. The summed E-state index contributed by atoms with van der Waals surface area (Å²) in [6.45, 7) is 19.9. The molecule has 0 fully saturated rings. The summed E-state index contributed by atoms with van der Waals surface area (Å²) in [6, 6.07) is 0. The molecule has 7 heteroatoms. The van der Waals surface area contributed by atoms with E-state index >= 15 is 0 Å². The van der Waals surface area contributed by atoms with Crippen molar-refractivity contribution in [2.75, 3.05) is 6.23 Å². The van der Waals surface area contributed by atoms with E-state index in [2.05, 4.69) is 45.9 Å². The van der Waals surface area contributed by atoms with Gasteiger partial charge in [0.1, 0.15) is 6.23 Å². The minimum atomic E-state index is -2.49. The first-order valence-electron chi connectivity index (χ1n) is 6.47. The summed E-state index contributed by atoms with van der Waals surface area (Å²) in [4.78, 5) is 11.5. The first kappa shape index (κ1) is 18.8. The highest BCUT2D eigenvalue weighted by atomic mass is 28.5. The van der Waals surface area contributed by atoms with Crippen LogP contribution in [0.4, 0.5) is 0 Å². The number of rotatable bonds is 7. The quantitative estimate of drug-likeness (QED) is 0.409. The Morgan fingerprint density at radius 2 is 1.32 bits per heavy atom. The molecule has 0 atom stereocenters.